The fourth-order valence-electron chi connectivity index (χ4n) is 2.88. The van der Waals surface area contributed by atoms with Crippen LogP contribution < -0.4 is 0 Å². The molecule has 0 aliphatic rings. The van der Waals surface area contributed by atoms with Crippen LogP contribution in [0.2, 0.25) is 0 Å². The van der Waals surface area contributed by atoms with Crippen LogP contribution in [-0.2, 0) is 6.54 Å². The number of thiophene rings is 1. The number of hydrogen-bond acceptors (Lipinski definition) is 5. The molecule has 3 heterocycles. The van der Waals surface area contributed by atoms with Crippen molar-refractivity contribution in [2.24, 2.45) is 0 Å². The first-order chi connectivity index (χ1) is 12.6. The minimum atomic E-state index is -0.0144. The molecule has 3 aromatic heterocycles. The van der Waals surface area contributed by atoms with Crippen molar-refractivity contribution in [1.82, 2.24) is 15.0 Å². The van der Waals surface area contributed by atoms with Crippen LogP contribution >= 0.6 is 11.3 Å². The zero-order valence-corrected chi connectivity index (χ0v) is 15.3. The lowest BCUT2D eigenvalue weighted by Gasteiger charge is -2.14. The van der Waals surface area contributed by atoms with Gasteiger partial charge in [-0.3, -0.25) is 9.78 Å². The Bertz CT molecular complexity index is 1070. The predicted octanol–water partition coefficient (Wildman–Crippen LogP) is 4.53. The molecule has 26 heavy (non-hydrogen) atoms. The van der Waals surface area contributed by atoms with E-state index in [1.165, 1.54) is 11.3 Å². The Balaban J connectivity index is 1.54. The first kappa shape index (κ1) is 16.5. The van der Waals surface area contributed by atoms with Gasteiger partial charge in [-0.15, -0.1) is 11.3 Å². The number of carbonyl (C=O) groups excluding carboxylic acids is 1. The molecule has 0 spiro atoms. The molecule has 0 N–H and O–H groups in total. The highest BCUT2D eigenvalue weighted by Gasteiger charge is 2.20. The van der Waals surface area contributed by atoms with E-state index in [1.807, 2.05) is 55.5 Å². The molecule has 0 saturated heterocycles. The third-order valence-corrected chi connectivity index (χ3v) is 5.52. The summed E-state index contributed by atoms with van der Waals surface area (Å²) in [6, 6.07) is 15.5. The molecule has 0 radical (unpaired) electrons. The summed E-state index contributed by atoms with van der Waals surface area (Å²) < 4.78 is 6.51. The van der Waals surface area contributed by atoms with Gasteiger partial charge in [0.15, 0.2) is 5.76 Å². The summed E-state index contributed by atoms with van der Waals surface area (Å²) in [7, 11) is 1.77. The second-order valence-electron chi connectivity index (χ2n) is 6.11. The lowest BCUT2D eigenvalue weighted by molar-refractivity contribution is 0.0776. The number of rotatable bonds is 4. The van der Waals surface area contributed by atoms with Gasteiger partial charge >= 0.3 is 0 Å². The highest BCUT2D eigenvalue weighted by molar-refractivity contribution is 7.21. The van der Waals surface area contributed by atoms with Gasteiger partial charge in [-0.05, 0) is 36.1 Å². The van der Waals surface area contributed by atoms with Crippen LogP contribution in [0.1, 0.15) is 21.0 Å². The van der Waals surface area contributed by atoms with Gasteiger partial charge in [-0.2, -0.15) is 0 Å². The number of benzene rings is 1. The van der Waals surface area contributed by atoms with Crippen molar-refractivity contribution in [2.45, 2.75) is 13.5 Å². The Kier molecular flexibility index (Phi) is 4.26. The van der Waals surface area contributed by atoms with Gasteiger partial charge in [0, 0.05) is 24.0 Å². The van der Waals surface area contributed by atoms with Crippen LogP contribution in [0, 0.1) is 6.92 Å². The van der Waals surface area contributed by atoms with E-state index < -0.39 is 0 Å². The Labute approximate surface area is 154 Å². The van der Waals surface area contributed by atoms with Crippen molar-refractivity contribution >= 4 is 27.3 Å². The van der Waals surface area contributed by atoms with Gasteiger partial charge < -0.3 is 9.42 Å². The summed E-state index contributed by atoms with van der Waals surface area (Å²) >= 11 is 1.53. The van der Waals surface area contributed by atoms with Crippen molar-refractivity contribution in [2.75, 3.05) is 7.05 Å². The number of pyridine rings is 1. The highest BCUT2D eigenvalue weighted by Crippen LogP contribution is 2.31. The number of hydrogen-bond donors (Lipinski definition) is 0. The van der Waals surface area contributed by atoms with E-state index in [0.29, 0.717) is 18.0 Å². The summed E-state index contributed by atoms with van der Waals surface area (Å²) in [5.41, 5.74) is 2.44. The van der Waals surface area contributed by atoms with Gasteiger partial charge in [0.1, 0.15) is 5.69 Å². The average Bonchev–Trinajstić information content (AvgIpc) is 3.27. The van der Waals surface area contributed by atoms with Gasteiger partial charge in [-0.1, -0.05) is 29.4 Å². The second-order valence-corrected chi connectivity index (χ2v) is 7.16. The van der Waals surface area contributed by atoms with Crippen molar-refractivity contribution < 1.29 is 9.32 Å². The average molecular weight is 363 g/mol. The largest absolute Gasteiger partial charge is 0.359 e. The van der Waals surface area contributed by atoms with Crippen LogP contribution in [0.5, 0.6) is 0 Å². The molecular formula is C20H17N3O2S. The highest BCUT2D eigenvalue weighted by atomic mass is 32.1. The minimum Gasteiger partial charge on any atom is -0.359 e. The molecule has 5 nitrogen and oxygen atoms in total. The molecule has 0 aliphatic carbocycles. The molecule has 0 atom stereocenters. The lowest BCUT2D eigenvalue weighted by atomic mass is 10.1. The van der Waals surface area contributed by atoms with E-state index in [0.717, 1.165) is 26.2 Å². The lowest BCUT2D eigenvalue weighted by Crippen LogP contribution is -2.25. The standard InChI is InChI=1S/C20H17N3O2S/c1-13-15-7-3-4-9-18(15)26-19(13)20(24)23(2)12-14-11-17(22-25-14)16-8-5-6-10-21-16/h3-11H,12H2,1-2H3. The second kappa shape index (κ2) is 6.72. The zero-order valence-electron chi connectivity index (χ0n) is 14.5. The number of fused-ring (bicyclic) bond motifs is 1. The summed E-state index contributed by atoms with van der Waals surface area (Å²) in [6.45, 7) is 2.35. The molecule has 0 saturated carbocycles. The topological polar surface area (TPSA) is 59.2 Å². The molecule has 1 amide bonds. The SMILES string of the molecule is Cc1c(C(=O)N(C)Cc2cc(-c3ccccn3)no2)sc2ccccc12. The predicted molar refractivity (Wildman–Crippen MR) is 102 cm³/mol. The van der Waals surface area contributed by atoms with Gasteiger partial charge in [-0.25, -0.2) is 0 Å². The molecule has 0 bridgehead atoms. The van der Waals surface area contributed by atoms with Crippen LogP contribution in [0.15, 0.2) is 59.3 Å². The Hall–Kier alpha value is -2.99. The third-order valence-electron chi connectivity index (χ3n) is 4.26. The van der Waals surface area contributed by atoms with E-state index >= 15 is 0 Å². The Morgan fingerprint density at radius 1 is 1.15 bits per heavy atom. The maximum absolute atomic E-state index is 12.9. The Morgan fingerprint density at radius 2 is 1.96 bits per heavy atom. The quantitative estimate of drug-likeness (QED) is 0.534. The summed E-state index contributed by atoms with van der Waals surface area (Å²) in [6.07, 6.45) is 1.71. The molecule has 0 fully saturated rings. The molecule has 4 rings (SSSR count). The fraction of sp³-hybridized carbons (Fsp3) is 0.150. The van der Waals surface area contributed by atoms with E-state index in [1.54, 1.807) is 18.1 Å². The molecule has 6 heteroatoms. The molecule has 0 aliphatic heterocycles. The van der Waals surface area contributed by atoms with Gasteiger partial charge in [0.05, 0.1) is 17.1 Å². The molecule has 1 aromatic carbocycles. The van der Waals surface area contributed by atoms with Crippen LogP contribution in [0.25, 0.3) is 21.5 Å². The zero-order chi connectivity index (χ0) is 18.1. The van der Waals surface area contributed by atoms with Gasteiger partial charge in [0.2, 0.25) is 0 Å². The number of carbonyl (C=O) groups is 1. The molecule has 4 aromatic rings. The number of amides is 1. The normalized spacial score (nSPS) is 11.0. The number of aromatic nitrogens is 2. The maximum atomic E-state index is 12.9. The van der Waals surface area contributed by atoms with E-state index in [4.69, 9.17) is 4.52 Å². The summed E-state index contributed by atoms with van der Waals surface area (Å²) in [4.78, 5) is 19.6. The van der Waals surface area contributed by atoms with E-state index in [2.05, 4.69) is 10.1 Å². The smallest absolute Gasteiger partial charge is 0.264 e. The Morgan fingerprint density at radius 3 is 2.73 bits per heavy atom. The number of nitrogens with zero attached hydrogens (tertiary/aromatic N) is 3. The van der Waals surface area contributed by atoms with Gasteiger partial charge in [0.25, 0.3) is 5.91 Å². The summed E-state index contributed by atoms with van der Waals surface area (Å²) in [5, 5.41) is 5.18. The van der Waals surface area contributed by atoms with Crippen LogP contribution in [0.3, 0.4) is 0 Å². The third kappa shape index (κ3) is 2.99. The van der Waals surface area contributed by atoms with Crippen molar-refractivity contribution in [3.63, 3.8) is 0 Å². The van der Waals surface area contributed by atoms with E-state index in [-0.39, 0.29) is 5.91 Å². The molecule has 130 valence electrons. The first-order valence-corrected chi connectivity index (χ1v) is 9.05. The summed E-state index contributed by atoms with van der Waals surface area (Å²) in [5.74, 6) is 0.611. The maximum Gasteiger partial charge on any atom is 0.264 e. The monoisotopic (exact) mass is 363 g/mol. The minimum absolute atomic E-state index is 0.0144. The van der Waals surface area contributed by atoms with Crippen LogP contribution in [-0.4, -0.2) is 28.0 Å². The van der Waals surface area contributed by atoms with Crippen molar-refractivity contribution in [3.05, 3.63) is 70.9 Å². The van der Waals surface area contributed by atoms with Crippen LogP contribution in [0.4, 0.5) is 0 Å². The number of aryl methyl sites for hydroxylation is 1. The van der Waals surface area contributed by atoms with E-state index in [9.17, 15) is 4.79 Å². The van der Waals surface area contributed by atoms with Crippen molar-refractivity contribution in [3.8, 4) is 11.4 Å². The molecule has 0 unspecified atom stereocenters. The fourth-order valence-corrected chi connectivity index (χ4v) is 4.08. The van der Waals surface area contributed by atoms with Crippen molar-refractivity contribution in [1.29, 1.82) is 0 Å². The first-order valence-electron chi connectivity index (χ1n) is 8.24. The molecular weight excluding hydrogens is 346 g/mol.